The minimum Gasteiger partial charge on any atom is -0.491 e. The molecule has 18 heavy (non-hydrogen) atoms. The molecule has 0 radical (unpaired) electrons. The van der Waals surface area contributed by atoms with Crippen molar-refractivity contribution in [3.8, 4) is 5.75 Å². The number of hydrogen-bond acceptors (Lipinski definition) is 4. The SMILES string of the molecule is O=S(=O)(Cl)CCOCCOc1cc(Cl)cc(Cl)c1. The monoisotopic (exact) mass is 332 g/mol. The Labute approximate surface area is 120 Å². The Kier molecular flexibility index (Phi) is 6.52. The summed E-state index contributed by atoms with van der Waals surface area (Å²) < 4.78 is 31.5. The molecule has 0 unspecified atom stereocenters. The largest absolute Gasteiger partial charge is 0.491 e. The molecule has 0 atom stereocenters. The molecule has 0 saturated heterocycles. The average molecular weight is 334 g/mol. The van der Waals surface area contributed by atoms with Gasteiger partial charge in [-0.2, -0.15) is 0 Å². The molecule has 102 valence electrons. The second kappa shape index (κ2) is 7.40. The van der Waals surface area contributed by atoms with Crippen molar-refractivity contribution in [2.24, 2.45) is 0 Å². The van der Waals surface area contributed by atoms with Crippen molar-refractivity contribution in [1.82, 2.24) is 0 Å². The zero-order valence-corrected chi connectivity index (χ0v) is 12.3. The van der Waals surface area contributed by atoms with Crippen LogP contribution < -0.4 is 4.74 Å². The fraction of sp³-hybridized carbons (Fsp3) is 0.400. The molecule has 0 saturated carbocycles. The van der Waals surface area contributed by atoms with E-state index in [0.717, 1.165) is 0 Å². The molecule has 0 heterocycles. The van der Waals surface area contributed by atoms with E-state index in [-0.39, 0.29) is 25.6 Å². The number of ether oxygens (including phenoxy) is 2. The molecule has 0 spiro atoms. The van der Waals surface area contributed by atoms with Crippen LogP contribution >= 0.6 is 33.9 Å². The van der Waals surface area contributed by atoms with Gasteiger partial charge >= 0.3 is 0 Å². The Morgan fingerprint density at radius 2 is 1.61 bits per heavy atom. The first-order valence-corrected chi connectivity index (χ1v) is 8.19. The van der Waals surface area contributed by atoms with Gasteiger partial charge in [0.05, 0.1) is 19.0 Å². The van der Waals surface area contributed by atoms with Crippen molar-refractivity contribution in [3.05, 3.63) is 28.2 Å². The molecule has 0 bridgehead atoms. The molecule has 0 fully saturated rings. The van der Waals surface area contributed by atoms with E-state index in [4.69, 9.17) is 43.4 Å². The lowest BCUT2D eigenvalue weighted by Crippen LogP contribution is -2.11. The summed E-state index contributed by atoms with van der Waals surface area (Å²) in [5, 5.41) is 0.957. The highest BCUT2D eigenvalue weighted by Crippen LogP contribution is 2.23. The van der Waals surface area contributed by atoms with Crippen LogP contribution in [0, 0.1) is 0 Å². The standard InChI is InChI=1S/C10H11Cl3O4S/c11-8-5-9(12)7-10(6-8)17-2-1-16-3-4-18(13,14)15/h5-7H,1-4H2. The summed E-state index contributed by atoms with van der Waals surface area (Å²) in [7, 11) is 1.51. The van der Waals surface area contributed by atoms with Crippen molar-refractivity contribution in [2.75, 3.05) is 25.6 Å². The highest BCUT2D eigenvalue weighted by molar-refractivity contribution is 8.13. The quantitative estimate of drug-likeness (QED) is 0.568. The van der Waals surface area contributed by atoms with Gasteiger partial charge in [0.2, 0.25) is 9.05 Å². The predicted molar refractivity (Wildman–Crippen MR) is 72.4 cm³/mol. The van der Waals surface area contributed by atoms with Gasteiger partial charge < -0.3 is 9.47 Å². The topological polar surface area (TPSA) is 52.6 Å². The van der Waals surface area contributed by atoms with Gasteiger partial charge in [-0.05, 0) is 18.2 Å². The molecule has 0 N–H and O–H groups in total. The minimum absolute atomic E-state index is 0.0332. The van der Waals surface area contributed by atoms with Crippen molar-refractivity contribution in [3.63, 3.8) is 0 Å². The van der Waals surface area contributed by atoms with Gasteiger partial charge in [-0.15, -0.1) is 0 Å². The first kappa shape index (κ1) is 15.9. The molecular formula is C10H11Cl3O4S. The summed E-state index contributed by atoms with van der Waals surface area (Å²) in [4.78, 5) is 0. The number of benzene rings is 1. The van der Waals surface area contributed by atoms with Crippen LogP contribution in [0.5, 0.6) is 5.75 Å². The van der Waals surface area contributed by atoms with Gasteiger partial charge in [0.15, 0.2) is 0 Å². The zero-order valence-electron chi connectivity index (χ0n) is 9.24. The summed E-state index contributed by atoms with van der Waals surface area (Å²) in [6, 6.07) is 4.84. The normalized spacial score (nSPS) is 11.5. The second-order valence-electron chi connectivity index (χ2n) is 3.31. The molecule has 1 rings (SSSR count). The summed E-state index contributed by atoms with van der Waals surface area (Å²) in [6.07, 6.45) is 0. The molecule has 4 nitrogen and oxygen atoms in total. The maximum atomic E-state index is 10.6. The van der Waals surface area contributed by atoms with Crippen LogP contribution in [-0.4, -0.2) is 34.0 Å². The Balaban J connectivity index is 2.22. The first-order valence-electron chi connectivity index (χ1n) is 4.96. The third-order valence-electron chi connectivity index (χ3n) is 1.80. The fourth-order valence-electron chi connectivity index (χ4n) is 1.09. The summed E-state index contributed by atoms with van der Waals surface area (Å²) >= 11 is 11.6. The number of hydrogen-bond donors (Lipinski definition) is 0. The van der Waals surface area contributed by atoms with Gasteiger partial charge in [0, 0.05) is 20.7 Å². The molecular weight excluding hydrogens is 323 g/mol. The summed E-state index contributed by atoms with van der Waals surface area (Å²) in [5.74, 6) is 0.304. The third kappa shape index (κ3) is 7.28. The van der Waals surface area contributed by atoms with Crippen LogP contribution in [0.1, 0.15) is 0 Å². The van der Waals surface area contributed by atoms with Gasteiger partial charge in [0.25, 0.3) is 0 Å². The van der Waals surface area contributed by atoms with E-state index < -0.39 is 9.05 Å². The van der Waals surface area contributed by atoms with Gasteiger partial charge in [-0.1, -0.05) is 23.2 Å². The van der Waals surface area contributed by atoms with E-state index >= 15 is 0 Å². The van der Waals surface area contributed by atoms with E-state index in [1.165, 1.54) is 0 Å². The fourth-order valence-corrected chi connectivity index (χ4v) is 2.10. The third-order valence-corrected chi connectivity index (χ3v) is 3.36. The maximum absolute atomic E-state index is 10.6. The van der Waals surface area contributed by atoms with Crippen LogP contribution in [-0.2, 0) is 13.8 Å². The van der Waals surface area contributed by atoms with Crippen LogP contribution in [0.25, 0.3) is 0 Å². The van der Waals surface area contributed by atoms with E-state index in [1.807, 2.05) is 0 Å². The molecule has 0 aliphatic rings. The molecule has 1 aromatic carbocycles. The van der Waals surface area contributed by atoms with Crippen molar-refractivity contribution in [1.29, 1.82) is 0 Å². The van der Waals surface area contributed by atoms with Gasteiger partial charge in [-0.3, -0.25) is 0 Å². The molecule has 0 aliphatic carbocycles. The van der Waals surface area contributed by atoms with Crippen molar-refractivity contribution in [2.45, 2.75) is 0 Å². The Morgan fingerprint density at radius 3 is 2.17 bits per heavy atom. The predicted octanol–water partition coefficient (Wildman–Crippen LogP) is 2.96. The van der Waals surface area contributed by atoms with Crippen molar-refractivity contribution >= 4 is 42.9 Å². The lowest BCUT2D eigenvalue weighted by atomic mass is 10.3. The van der Waals surface area contributed by atoms with Gasteiger partial charge in [0.1, 0.15) is 12.4 Å². The highest BCUT2D eigenvalue weighted by Gasteiger charge is 2.04. The van der Waals surface area contributed by atoms with Crippen LogP contribution in [0.4, 0.5) is 0 Å². The lowest BCUT2D eigenvalue weighted by molar-refractivity contribution is 0.111. The van der Waals surface area contributed by atoms with Crippen LogP contribution in [0.15, 0.2) is 18.2 Å². The Morgan fingerprint density at radius 1 is 1.00 bits per heavy atom. The van der Waals surface area contributed by atoms with E-state index in [1.54, 1.807) is 18.2 Å². The zero-order chi connectivity index (χ0) is 13.6. The van der Waals surface area contributed by atoms with E-state index in [9.17, 15) is 8.42 Å². The first-order chi connectivity index (χ1) is 8.37. The molecule has 0 amide bonds. The van der Waals surface area contributed by atoms with E-state index in [2.05, 4.69) is 0 Å². The second-order valence-corrected chi connectivity index (χ2v) is 7.08. The van der Waals surface area contributed by atoms with Crippen molar-refractivity contribution < 1.29 is 17.9 Å². The molecule has 8 heteroatoms. The number of rotatable bonds is 7. The van der Waals surface area contributed by atoms with Crippen LogP contribution in [0.2, 0.25) is 10.0 Å². The maximum Gasteiger partial charge on any atom is 0.234 e. The number of halogens is 3. The minimum atomic E-state index is -3.50. The smallest absolute Gasteiger partial charge is 0.234 e. The summed E-state index contributed by atoms with van der Waals surface area (Å²) in [5.41, 5.74) is 0. The average Bonchev–Trinajstić information content (AvgIpc) is 2.20. The molecule has 0 aromatic heterocycles. The summed E-state index contributed by atoms with van der Waals surface area (Å²) in [6.45, 7) is 0.543. The highest BCUT2D eigenvalue weighted by atomic mass is 35.7. The molecule has 1 aromatic rings. The Bertz CT molecular complexity index is 470. The Hall–Kier alpha value is -0.200. The van der Waals surface area contributed by atoms with E-state index in [0.29, 0.717) is 15.8 Å². The van der Waals surface area contributed by atoms with Gasteiger partial charge in [-0.25, -0.2) is 8.42 Å². The lowest BCUT2D eigenvalue weighted by Gasteiger charge is -2.07. The molecule has 0 aliphatic heterocycles. The van der Waals surface area contributed by atoms with Crippen LogP contribution in [0.3, 0.4) is 0 Å².